The average molecular weight is 854 g/mol. The predicted octanol–water partition coefficient (Wildman–Crippen LogP) is -10.8. The van der Waals surface area contributed by atoms with Crippen molar-refractivity contribution >= 4 is 5.91 Å². The highest BCUT2D eigenvalue weighted by Crippen LogP contribution is 2.37. The Bertz CT molecular complexity index is 1300. The van der Waals surface area contributed by atoms with Crippen molar-refractivity contribution in [3.63, 3.8) is 0 Å². The van der Waals surface area contributed by atoms with Crippen LogP contribution in [0.15, 0.2) is 0 Å². The maximum atomic E-state index is 12.6. The van der Waals surface area contributed by atoms with Crippen molar-refractivity contribution in [2.45, 2.75) is 167 Å². The van der Waals surface area contributed by atoms with Gasteiger partial charge in [-0.2, -0.15) is 0 Å². The molecular formula is C32H55NO25. The number of carbonyl (C=O) groups is 1. The summed E-state index contributed by atoms with van der Waals surface area (Å²) in [5, 5.41) is 160. The summed E-state index contributed by atoms with van der Waals surface area (Å²) in [5.74, 6) is -0.823. The zero-order valence-corrected chi connectivity index (χ0v) is 31.1. The smallest absolute Gasteiger partial charge is 0.217 e. The summed E-state index contributed by atoms with van der Waals surface area (Å²) in [7, 11) is 0. The minimum absolute atomic E-state index is 0.823. The molecule has 0 aliphatic carbocycles. The summed E-state index contributed by atoms with van der Waals surface area (Å²) in [5.41, 5.74) is 0. The van der Waals surface area contributed by atoms with Crippen LogP contribution in [0.5, 0.6) is 0 Å². The minimum atomic E-state index is -2.02. The first-order chi connectivity index (χ1) is 27.4. The van der Waals surface area contributed by atoms with Gasteiger partial charge in [-0.15, -0.1) is 0 Å². The molecule has 338 valence electrons. The van der Waals surface area contributed by atoms with Crippen molar-refractivity contribution in [2.75, 3.05) is 26.4 Å². The molecule has 5 rings (SSSR count). The van der Waals surface area contributed by atoms with Crippen LogP contribution >= 0.6 is 0 Å². The van der Waals surface area contributed by atoms with Gasteiger partial charge in [0.05, 0.1) is 32.5 Å². The Morgan fingerprint density at radius 1 is 0.448 bits per heavy atom. The third-order valence-corrected chi connectivity index (χ3v) is 10.7. The number of nitrogens with one attached hydrogen (secondary N) is 1. The van der Waals surface area contributed by atoms with Crippen LogP contribution in [0.3, 0.4) is 0 Å². The first-order valence-electron chi connectivity index (χ1n) is 18.5. The van der Waals surface area contributed by atoms with Crippen molar-refractivity contribution in [2.24, 2.45) is 0 Å². The van der Waals surface area contributed by atoms with Gasteiger partial charge in [-0.05, 0) is 6.92 Å². The molecular weight excluding hydrogens is 798 g/mol. The van der Waals surface area contributed by atoms with Crippen LogP contribution in [-0.2, 0) is 47.4 Å². The van der Waals surface area contributed by atoms with Gasteiger partial charge in [0.25, 0.3) is 0 Å². The molecule has 5 aliphatic heterocycles. The van der Waals surface area contributed by atoms with Crippen molar-refractivity contribution in [1.82, 2.24) is 5.32 Å². The maximum Gasteiger partial charge on any atom is 0.217 e. The quantitative estimate of drug-likeness (QED) is 0.0818. The van der Waals surface area contributed by atoms with Gasteiger partial charge in [-0.1, -0.05) is 0 Å². The van der Waals surface area contributed by atoms with Crippen molar-refractivity contribution < 1.29 is 124 Å². The molecule has 0 aromatic carbocycles. The van der Waals surface area contributed by atoms with E-state index in [1.165, 1.54) is 6.92 Å². The molecule has 0 aromatic rings. The fourth-order valence-corrected chi connectivity index (χ4v) is 7.35. The fourth-order valence-electron chi connectivity index (χ4n) is 7.35. The van der Waals surface area contributed by atoms with E-state index in [-0.39, 0.29) is 0 Å². The standard InChI is InChI=1S/C32H55NO25/c1-7-14(39)18(43)22(47)30(50-7)58-27-26(17(42)11(5-36)54-32(27)55-24-12(6-37)51-28(49)21(46)20(24)45)57-29-13(33-8(2)38)25(16(41)10(4-35)52-29)56-31-23(48)19(44)15(40)9(3-34)53-31/h7,9-32,34-37,39-49H,3-6H2,1-2H3,(H,33,38)/t7-,9+,10+,11+,12+,13+,14+,15-,16-,17-,18+,19-,20+,21+,22-,23+,24+,25+,26-,27+,28?,29+,30-,31-,32-/m0/s1. The predicted molar refractivity (Wildman–Crippen MR) is 177 cm³/mol. The lowest BCUT2D eigenvalue weighted by Crippen LogP contribution is -2.71. The molecule has 5 saturated heterocycles. The number of hydrogen-bond acceptors (Lipinski definition) is 25. The van der Waals surface area contributed by atoms with Gasteiger partial charge in [-0.25, -0.2) is 0 Å². The number of ether oxygens (including phenoxy) is 9. The Hall–Kier alpha value is -1.49. The second kappa shape index (κ2) is 20.1. The van der Waals surface area contributed by atoms with Crippen molar-refractivity contribution in [3.05, 3.63) is 0 Å². The summed E-state index contributed by atoms with van der Waals surface area (Å²) in [4.78, 5) is 12.6. The second-order valence-corrected chi connectivity index (χ2v) is 14.7. The van der Waals surface area contributed by atoms with Crippen LogP contribution in [0.4, 0.5) is 0 Å². The summed E-state index contributed by atoms with van der Waals surface area (Å²) in [6, 6.07) is -1.72. The molecule has 0 bridgehead atoms. The molecule has 0 saturated carbocycles. The zero-order valence-electron chi connectivity index (χ0n) is 31.1. The highest BCUT2D eigenvalue weighted by atomic mass is 16.8. The number of amides is 1. The molecule has 0 spiro atoms. The van der Waals surface area contributed by atoms with Crippen LogP contribution in [0.1, 0.15) is 13.8 Å². The number of aliphatic hydroxyl groups is 15. The van der Waals surface area contributed by atoms with Crippen LogP contribution < -0.4 is 5.32 Å². The van der Waals surface area contributed by atoms with Gasteiger partial charge in [0.1, 0.15) is 116 Å². The second-order valence-electron chi connectivity index (χ2n) is 14.7. The maximum absolute atomic E-state index is 12.6. The third kappa shape index (κ3) is 9.75. The molecule has 1 unspecified atom stereocenters. The minimum Gasteiger partial charge on any atom is -0.394 e. The monoisotopic (exact) mass is 853 g/mol. The number of hydrogen-bond donors (Lipinski definition) is 16. The van der Waals surface area contributed by atoms with Crippen molar-refractivity contribution in [1.29, 1.82) is 0 Å². The Morgan fingerprint density at radius 3 is 1.47 bits per heavy atom. The van der Waals surface area contributed by atoms with E-state index in [1.807, 2.05) is 0 Å². The van der Waals surface area contributed by atoms with E-state index in [1.54, 1.807) is 0 Å². The van der Waals surface area contributed by atoms with Crippen LogP contribution in [0, 0.1) is 0 Å². The summed E-state index contributed by atoms with van der Waals surface area (Å²) >= 11 is 0. The Balaban J connectivity index is 1.54. The van der Waals surface area contributed by atoms with E-state index < -0.39 is 186 Å². The Labute approximate surface area is 329 Å². The van der Waals surface area contributed by atoms with Crippen LogP contribution in [-0.4, -0.2) is 262 Å². The molecule has 0 radical (unpaired) electrons. The highest BCUT2D eigenvalue weighted by molar-refractivity contribution is 5.73. The topological polar surface area (TPSA) is 416 Å². The summed E-state index contributed by atoms with van der Waals surface area (Å²) < 4.78 is 51.7. The first-order valence-corrected chi connectivity index (χ1v) is 18.5. The fraction of sp³-hybridized carbons (Fsp3) is 0.969. The van der Waals surface area contributed by atoms with E-state index >= 15 is 0 Å². The molecule has 26 heteroatoms. The SMILES string of the molecule is CC(=O)N[C@H]1[C@@H](O[C@H]2[C@@H](O)[C@@H](CO)O[C@@H](O[C@H]3[C@H](O)[C@@H](O)C(O)O[C@@H]3CO)[C@@H]2O[C@@H]2O[C@@H](C)[C@@H](O)[C@@H](O)[C@@H]2O)O[C@H](CO)[C@H](O)[C@@H]1O[C@@H]1O[C@H](CO)[C@H](O)[C@H](O)[C@H]1O. The lowest BCUT2D eigenvalue weighted by atomic mass is 9.94. The van der Waals surface area contributed by atoms with E-state index in [0.717, 1.165) is 6.92 Å². The van der Waals surface area contributed by atoms with E-state index in [0.29, 0.717) is 0 Å². The molecule has 5 fully saturated rings. The molecule has 25 atom stereocenters. The van der Waals surface area contributed by atoms with E-state index in [2.05, 4.69) is 5.32 Å². The number of carbonyl (C=O) groups excluding carboxylic acids is 1. The summed E-state index contributed by atoms with van der Waals surface area (Å²) in [6.45, 7) is -1.41. The summed E-state index contributed by atoms with van der Waals surface area (Å²) in [6.07, 6.45) is -44.1. The molecule has 58 heavy (non-hydrogen) atoms. The van der Waals surface area contributed by atoms with Crippen molar-refractivity contribution in [3.8, 4) is 0 Å². The van der Waals surface area contributed by atoms with E-state index in [9.17, 15) is 81.4 Å². The zero-order chi connectivity index (χ0) is 42.9. The first kappa shape index (κ1) is 47.6. The lowest BCUT2D eigenvalue weighted by molar-refractivity contribution is -0.403. The molecule has 5 aliphatic rings. The Kier molecular flexibility index (Phi) is 16.5. The molecule has 5 heterocycles. The lowest BCUT2D eigenvalue weighted by Gasteiger charge is -2.51. The molecule has 1 amide bonds. The van der Waals surface area contributed by atoms with Crippen LogP contribution in [0.25, 0.3) is 0 Å². The van der Waals surface area contributed by atoms with E-state index in [4.69, 9.17) is 42.6 Å². The highest BCUT2D eigenvalue weighted by Gasteiger charge is 2.58. The molecule has 26 nitrogen and oxygen atoms in total. The van der Waals surface area contributed by atoms with Gasteiger partial charge in [0, 0.05) is 6.92 Å². The molecule has 16 N–H and O–H groups in total. The average Bonchev–Trinajstić information content (AvgIpc) is 3.19. The van der Waals surface area contributed by atoms with Gasteiger partial charge >= 0.3 is 0 Å². The van der Waals surface area contributed by atoms with Gasteiger partial charge in [-0.3, -0.25) is 4.79 Å². The largest absolute Gasteiger partial charge is 0.394 e. The number of rotatable bonds is 13. The Morgan fingerprint density at radius 2 is 0.897 bits per heavy atom. The van der Waals surface area contributed by atoms with Crippen LogP contribution in [0.2, 0.25) is 0 Å². The normalized spacial score (nSPS) is 51.6. The number of aliphatic hydroxyl groups excluding tert-OH is 15. The van der Waals surface area contributed by atoms with Gasteiger partial charge in [0.2, 0.25) is 5.91 Å². The van der Waals surface area contributed by atoms with Gasteiger partial charge < -0.3 is 125 Å². The third-order valence-electron chi connectivity index (χ3n) is 10.7. The molecule has 0 aromatic heterocycles. The van der Waals surface area contributed by atoms with Gasteiger partial charge in [0.15, 0.2) is 31.5 Å².